The first-order chi connectivity index (χ1) is 8.09. The Morgan fingerprint density at radius 3 is 2.41 bits per heavy atom. The van der Waals surface area contributed by atoms with Gasteiger partial charge in [-0.15, -0.1) is 0 Å². The normalized spacial score (nSPS) is 10.2. The van der Waals surface area contributed by atoms with Crippen molar-refractivity contribution in [2.45, 2.75) is 0 Å². The summed E-state index contributed by atoms with van der Waals surface area (Å²) in [6.07, 6.45) is 1.41. The molecular formula is C12H9FN2O2. The van der Waals surface area contributed by atoms with E-state index in [0.717, 1.165) is 0 Å². The molecule has 0 aliphatic heterocycles. The van der Waals surface area contributed by atoms with E-state index in [1.807, 2.05) is 0 Å². The predicted molar refractivity (Wildman–Crippen MR) is 61.0 cm³/mol. The highest BCUT2D eigenvalue weighted by Gasteiger charge is 2.13. The highest BCUT2D eigenvalue weighted by Crippen LogP contribution is 2.20. The molecule has 0 aliphatic rings. The van der Waals surface area contributed by atoms with Gasteiger partial charge in [-0.05, 0) is 23.8 Å². The van der Waals surface area contributed by atoms with Gasteiger partial charge < -0.3 is 10.7 Å². The smallest absolute Gasteiger partial charge is 0.261 e. The van der Waals surface area contributed by atoms with E-state index in [4.69, 9.17) is 5.73 Å². The van der Waals surface area contributed by atoms with Crippen LogP contribution in [0.4, 0.5) is 4.39 Å². The van der Waals surface area contributed by atoms with Crippen molar-refractivity contribution in [3.05, 3.63) is 58.3 Å². The van der Waals surface area contributed by atoms with Crippen LogP contribution in [0, 0.1) is 5.82 Å². The van der Waals surface area contributed by atoms with Crippen LogP contribution >= 0.6 is 0 Å². The molecule has 1 aromatic carbocycles. The van der Waals surface area contributed by atoms with Crippen molar-refractivity contribution >= 4 is 5.91 Å². The Morgan fingerprint density at radius 2 is 1.82 bits per heavy atom. The number of aromatic amines is 1. The summed E-state index contributed by atoms with van der Waals surface area (Å²) < 4.78 is 12.8. The standard InChI is InChI=1S/C12H9FN2O2/c13-8-3-1-7(2-4-8)9-5-6-15-12(17)10(9)11(14)16/h1-6H,(H2,14,16)(H,15,17). The molecule has 0 atom stereocenters. The number of nitrogens with one attached hydrogen (secondary N) is 1. The summed E-state index contributed by atoms with van der Waals surface area (Å²) in [6.45, 7) is 0. The third-order valence-corrected chi connectivity index (χ3v) is 2.36. The summed E-state index contributed by atoms with van der Waals surface area (Å²) in [5, 5.41) is 0. The summed E-state index contributed by atoms with van der Waals surface area (Å²) in [4.78, 5) is 25.1. The van der Waals surface area contributed by atoms with E-state index < -0.39 is 11.5 Å². The van der Waals surface area contributed by atoms with Gasteiger partial charge in [0.15, 0.2) is 0 Å². The number of carbonyl (C=O) groups is 1. The van der Waals surface area contributed by atoms with Gasteiger partial charge in [-0.1, -0.05) is 12.1 Å². The Bertz CT molecular complexity index is 617. The molecule has 2 rings (SSSR count). The molecule has 0 radical (unpaired) electrons. The van der Waals surface area contributed by atoms with Crippen LogP contribution in [-0.2, 0) is 0 Å². The fourth-order valence-corrected chi connectivity index (χ4v) is 1.59. The van der Waals surface area contributed by atoms with Gasteiger partial charge in [0.1, 0.15) is 11.4 Å². The van der Waals surface area contributed by atoms with E-state index in [1.54, 1.807) is 6.07 Å². The highest BCUT2D eigenvalue weighted by molar-refractivity contribution is 5.99. The molecule has 2 aromatic rings. The van der Waals surface area contributed by atoms with Crippen molar-refractivity contribution in [3.8, 4) is 11.1 Å². The minimum absolute atomic E-state index is 0.126. The zero-order chi connectivity index (χ0) is 12.4. The molecule has 0 spiro atoms. The van der Waals surface area contributed by atoms with Gasteiger partial charge in [0.25, 0.3) is 11.5 Å². The second-order valence-electron chi connectivity index (χ2n) is 3.47. The number of hydrogen-bond donors (Lipinski definition) is 2. The van der Waals surface area contributed by atoms with Crippen LogP contribution in [0.25, 0.3) is 11.1 Å². The number of rotatable bonds is 2. The molecule has 0 saturated heterocycles. The lowest BCUT2D eigenvalue weighted by atomic mass is 10.0. The van der Waals surface area contributed by atoms with Crippen LogP contribution in [0.3, 0.4) is 0 Å². The third kappa shape index (κ3) is 2.08. The van der Waals surface area contributed by atoms with Crippen LogP contribution in [0.5, 0.6) is 0 Å². The second kappa shape index (κ2) is 4.21. The van der Waals surface area contributed by atoms with E-state index in [-0.39, 0.29) is 11.4 Å². The number of aromatic nitrogens is 1. The number of amides is 1. The summed E-state index contributed by atoms with van der Waals surface area (Å²) in [5.74, 6) is -1.20. The number of nitrogens with two attached hydrogens (primary N) is 1. The van der Waals surface area contributed by atoms with Gasteiger partial charge in [0, 0.05) is 11.8 Å². The maximum atomic E-state index is 12.8. The molecule has 0 bridgehead atoms. The molecule has 17 heavy (non-hydrogen) atoms. The average molecular weight is 232 g/mol. The minimum atomic E-state index is -0.814. The molecule has 0 saturated carbocycles. The fourth-order valence-electron chi connectivity index (χ4n) is 1.59. The van der Waals surface area contributed by atoms with Crippen molar-refractivity contribution in [2.75, 3.05) is 0 Å². The van der Waals surface area contributed by atoms with E-state index in [2.05, 4.69) is 4.98 Å². The molecule has 1 aromatic heterocycles. The summed E-state index contributed by atoms with van der Waals surface area (Å²) in [6, 6.07) is 7.02. The number of primary amides is 1. The third-order valence-electron chi connectivity index (χ3n) is 2.36. The van der Waals surface area contributed by atoms with Crippen LogP contribution in [-0.4, -0.2) is 10.9 Å². The molecule has 4 nitrogen and oxygen atoms in total. The zero-order valence-corrected chi connectivity index (χ0v) is 8.74. The van der Waals surface area contributed by atoms with E-state index >= 15 is 0 Å². The zero-order valence-electron chi connectivity index (χ0n) is 8.74. The second-order valence-corrected chi connectivity index (χ2v) is 3.47. The molecule has 1 amide bonds. The lowest BCUT2D eigenvalue weighted by Crippen LogP contribution is -2.24. The van der Waals surface area contributed by atoms with Crippen molar-refractivity contribution < 1.29 is 9.18 Å². The maximum Gasteiger partial charge on any atom is 0.261 e. The fraction of sp³-hybridized carbons (Fsp3) is 0. The summed E-state index contributed by atoms with van der Waals surface area (Å²) in [5.41, 5.74) is 5.42. The van der Waals surface area contributed by atoms with Gasteiger partial charge >= 0.3 is 0 Å². The van der Waals surface area contributed by atoms with Crippen molar-refractivity contribution in [2.24, 2.45) is 5.73 Å². The maximum absolute atomic E-state index is 12.8. The molecular weight excluding hydrogens is 223 g/mol. The van der Waals surface area contributed by atoms with Gasteiger partial charge in [0.2, 0.25) is 0 Å². The molecule has 0 aliphatic carbocycles. The topological polar surface area (TPSA) is 76.0 Å². The van der Waals surface area contributed by atoms with Gasteiger partial charge in [-0.25, -0.2) is 4.39 Å². The SMILES string of the molecule is NC(=O)c1c(-c2ccc(F)cc2)cc[nH]c1=O. The number of benzene rings is 1. The van der Waals surface area contributed by atoms with Crippen molar-refractivity contribution in [1.29, 1.82) is 0 Å². The average Bonchev–Trinajstić information content (AvgIpc) is 2.29. The minimum Gasteiger partial charge on any atom is -0.365 e. The molecule has 0 unspecified atom stereocenters. The number of hydrogen-bond acceptors (Lipinski definition) is 2. The molecule has 1 heterocycles. The van der Waals surface area contributed by atoms with E-state index in [1.165, 1.54) is 30.5 Å². The highest BCUT2D eigenvalue weighted by atomic mass is 19.1. The van der Waals surface area contributed by atoms with E-state index in [9.17, 15) is 14.0 Å². The predicted octanol–water partition coefficient (Wildman–Crippen LogP) is 1.28. The molecule has 86 valence electrons. The Morgan fingerprint density at radius 1 is 1.18 bits per heavy atom. The van der Waals surface area contributed by atoms with Gasteiger partial charge in [-0.3, -0.25) is 9.59 Å². The van der Waals surface area contributed by atoms with Crippen LogP contribution in [0.1, 0.15) is 10.4 Å². The first-order valence-corrected chi connectivity index (χ1v) is 4.87. The first-order valence-electron chi connectivity index (χ1n) is 4.87. The number of halogens is 1. The molecule has 3 N–H and O–H groups in total. The van der Waals surface area contributed by atoms with Gasteiger partial charge in [0.05, 0.1) is 0 Å². The number of carbonyl (C=O) groups excluding carboxylic acids is 1. The summed E-state index contributed by atoms with van der Waals surface area (Å²) in [7, 11) is 0. The molecule has 0 fully saturated rings. The van der Waals surface area contributed by atoms with Crippen molar-refractivity contribution in [3.63, 3.8) is 0 Å². The summed E-state index contributed by atoms with van der Waals surface area (Å²) >= 11 is 0. The lowest BCUT2D eigenvalue weighted by molar-refractivity contribution is 0.0999. The quantitative estimate of drug-likeness (QED) is 0.818. The Balaban J connectivity index is 2.67. The number of pyridine rings is 1. The van der Waals surface area contributed by atoms with Crippen LogP contribution in [0.15, 0.2) is 41.3 Å². The Hall–Kier alpha value is -2.43. The number of H-pyrrole nitrogens is 1. The van der Waals surface area contributed by atoms with Crippen LogP contribution in [0.2, 0.25) is 0 Å². The first kappa shape index (κ1) is 11.1. The monoisotopic (exact) mass is 232 g/mol. The Kier molecular flexibility index (Phi) is 2.74. The lowest BCUT2D eigenvalue weighted by Gasteiger charge is -2.05. The Labute approximate surface area is 95.9 Å². The van der Waals surface area contributed by atoms with E-state index in [0.29, 0.717) is 11.1 Å². The van der Waals surface area contributed by atoms with Gasteiger partial charge in [-0.2, -0.15) is 0 Å². The van der Waals surface area contributed by atoms with Crippen LogP contribution < -0.4 is 11.3 Å². The molecule has 5 heteroatoms. The van der Waals surface area contributed by atoms with Crippen molar-refractivity contribution in [1.82, 2.24) is 4.98 Å². The largest absolute Gasteiger partial charge is 0.365 e.